The Labute approximate surface area is 199 Å². The maximum atomic E-state index is 12.8. The number of imide groups is 1. The molecule has 170 valence electrons. The third kappa shape index (κ3) is 5.04. The summed E-state index contributed by atoms with van der Waals surface area (Å²) in [6.07, 6.45) is 1.65. The summed E-state index contributed by atoms with van der Waals surface area (Å²) in [7, 11) is 1.54. The van der Waals surface area contributed by atoms with Crippen molar-refractivity contribution in [1.29, 1.82) is 0 Å². The highest BCUT2D eigenvalue weighted by Crippen LogP contribution is 2.34. The zero-order chi connectivity index (χ0) is 23.4. The van der Waals surface area contributed by atoms with Gasteiger partial charge < -0.3 is 14.8 Å². The van der Waals surface area contributed by atoms with Gasteiger partial charge in [0.05, 0.1) is 23.5 Å². The number of carbonyl (C=O) groups excluding carboxylic acids is 3. The molecule has 3 aromatic rings. The van der Waals surface area contributed by atoms with Gasteiger partial charge in [-0.05, 0) is 60.0 Å². The summed E-state index contributed by atoms with van der Waals surface area (Å²) in [4.78, 5) is 39.7. The lowest BCUT2D eigenvalue weighted by atomic mass is 10.2. The molecule has 1 aliphatic heterocycles. The number of thiophene rings is 1. The number of fused-ring (bicyclic) bond motifs is 1. The number of methoxy groups -OCH3 is 1. The second-order valence-electron chi connectivity index (χ2n) is 7.08. The van der Waals surface area contributed by atoms with Crippen LogP contribution in [0.2, 0.25) is 0 Å². The SMILES string of the molecule is CCOc1ccc(/C=C2\SC(=O)N(CCNC(=O)c3cc4ccccc4s3)C2=O)cc1OC. The number of hydrogen-bond donors (Lipinski definition) is 1. The normalized spacial score (nSPS) is 14.8. The molecule has 0 bridgehead atoms. The van der Waals surface area contributed by atoms with Gasteiger partial charge in [0.2, 0.25) is 0 Å². The Kier molecular flexibility index (Phi) is 7.00. The van der Waals surface area contributed by atoms with Gasteiger partial charge in [-0.2, -0.15) is 0 Å². The van der Waals surface area contributed by atoms with Crippen molar-refractivity contribution in [3.63, 3.8) is 0 Å². The zero-order valence-corrected chi connectivity index (χ0v) is 19.8. The predicted molar refractivity (Wildman–Crippen MR) is 131 cm³/mol. The number of hydrogen-bond acceptors (Lipinski definition) is 7. The van der Waals surface area contributed by atoms with Crippen molar-refractivity contribution >= 4 is 56.3 Å². The standard InChI is InChI=1S/C24H22N2O5S2/c1-3-31-17-9-8-15(12-18(17)30-2)13-21-23(28)26(24(29)33-21)11-10-25-22(27)20-14-16-6-4-5-7-19(16)32-20/h4-9,12-14H,3,10-11H2,1-2H3,(H,25,27)/b21-13-. The van der Waals surface area contributed by atoms with Crippen LogP contribution in [0.3, 0.4) is 0 Å². The van der Waals surface area contributed by atoms with Crippen LogP contribution in [0.5, 0.6) is 11.5 Å². The molecule has 7 nitrogen and oxygen atoms in total. The van der Waals surface area contributed by atoms with E-state index in [1.807, 2.05) is 37.3 Å². The summed E-state index contributed by atoms with van der Waals surface area (Å²) < 4.78 is 11.9. The van der Waals surface area contributed by atoms with E-state index in [4.69, 9.17) is 9.47 Å². The maximum absolute atomic E-state index is 12.8. The second kappa shape index (κ2) is 10.1. The number of ether oxygens (including phenoxy) is 2. The van der Waals surface area contributed by atoms with Crippen molar-refractivity contribution in [3.05, 3.63) is 63.9 Å². The van der Waals surface area contributed by atoms with Crippen LogP contribution in [0.15, 0.2) is 53.4 Å². The highest BCUT2D eigenvalue weighted by atomic mass is 32.2. The average Bonchev–Trinajstić information content (AvgIpc) is 3.36. The summed E-state index contributed by atoms with van der Waals surface area (Å²) in [5, 5.41) is 3.44. The molecule has 3 amide bonds. The van der Waals surface area contributed by atoms with Gasteiger partial charge in [0.15, 0.2) is 11.5 Å². The summed E-state index contributed by atoms with van der Waals surface area (Å²) in [5.74, 6) is 0.558. The van der Waals surface area contributed by atoms with E-state index in [1.165, 1.54) is 11.3 Å². The Bertz CT molecular complexity index is 1220. The smallest absolute Gasteiger partial charge is 0.293 e. The molecule has 1 aliphatic rings. The molecule has 4 rings (SSSR count). The lowest BCUT2D eigenvalue weighted by molar-refractivity contribution is -0.122. The van der Waals surface area contributed by atoms with Gasteiger partial charge in [-0.1, -0.05) is 24.3 Å². The molecule has 1 fully saturated rings. The van der Waals surface area contributed by atoms with Crippen LogP contribution in [0, 0.1) is 0 Å². The molecule has 2 aromatic carbocycles. The number of carbonyl (C=O) groups is 3. The molecule has 0 aliphatic carbocycles. The first-order valence-corrected chi connectivity index (χ1v) is 12.0. The van der Waals surface area contributed by atoms with Gasteiger partial charge in [-0.15, -0.1) is 11.3 Å². The van der Waals surface area contributed by atoms with Crippen LogP contribution in [0.25, 0.3) is 16.2 Å². The Morgan fingerprint density at radius 2 is 1.94 bits per heavy atom. The van der Waals surface area contributed by atoms with E-state index in [0.29, 0.717) is 27.9 Å². The van der Waals surface area contributed by atoms with Crippen molar-refractivity contribution < 1.29 is 23.9 Å². The molecule has 33 heavy (non-hydrogen) atoms. The molecule has 0 radical (unpaired) electrons. The minimum absolute atomic E-state index is 0.102. The second-order valence-corrected chi connectivity index (χ2v) is 9.16. The van der Waals surface area contributed by atoms with E-state index in [2.05, 4.69) is 5.32 Å². The molecule has 0 saturated carbocycles. The maximum Gasteiger partial charge on any atom is 0.293 e. The highest BCUT2D eigenvalue weighted by Gasteiger charge is 2.34. The van der Waals surface area contributed by atoms with Crippen molar-refractivity contribution in [1.82, 2.24) is 10.2 Å². The zero-order valence-electron chi connectivity index (χ0n) is 18.1. The van der Waals surface area contributed by atoms with Crippen LogP contribution in [0.4, 0.5) is 4.79 Å². The van der Waals surface area contributed by atoms with E-state index in [9.17, 15) is 14.4 Å². The van der Waals surface area contributed by atoms with Gasteiger partial charge in [-0.25, -0.2) is 0 Å². The first kappa shape index (κ1) is 22.9. The molecule has 1 saturated heterocycles. The molecule has 9 heteroatoms. The quantitative estimate of drug-likeness (QED) is 0.466. The fraction of sp³-hybridized carbons (Fsp3) is 0.208. The van der Waals surface area contributed by atoms with Gasteiger partial charge in [-0.3, -0.25) is 19.3 Å². The van der Waals surface area contributed by atoms with Crippen molar-refractivity contribution in [2.75, 3.05) is 26.8 Å². The van der Waals surface area contributed by atoms with Crippen LogP contribution >= 0.6 is 23.1 Å². The summed E-state index contributed by atoms with van der Waals surface area (Å²) in [6, 6.07) is 14.9. The van der Waals surface area contributed by atoms with Crippen molar-refractivity contribution in [3.8, 4) is 11.5 Å². The topological polar surface area (TPSA) is 84.9 Å². The average molecular weight is 483 g/mol. The number of benzene rings is 2. The van der Waals surface area contributed by atoms with Crippen molar-refractivity contribution in [2.45, 2.75) is 6.92 Å². The van der Waals surface area contributed by atoms with Crippen LogP contribution in [-0.4, -0.2) is 48.8 Å². The minimum Gasteiger partial charge on any atom is -0.493 e. The fourth-order valence-electron chi connectivity index (χ4n) is 3.35. The van der Waals surface area contributed by atoms with E-state index >= 15 is 0 Å². The van der Waals surface area contributed by atoms with Gasteiger partial charge in [0.25, 0.3) is 17.1 Å². The Morgan fingerprint density at radius 1 is 1.12 bits per heavy atom. The van der Waals surface area contributed by atoms with Crippen LogP contribution < -0.4 is 14.8 Å². The number of nitrogens with zero attached hydrogens (tertiary/aromatic N) is 1. The third-order valence-electron chi connectivity index (χ3n) is 4.93. The number of rotatable bonds is 8. The lowest BCUT2D eigenvalue weighted by Gasteiger charge is -2.12. The molecule has 0 unspecified atom stereocenters. The Morgan fingerprint density at radius 3 is 2.70 bits per heavy atom. The molecule has 1 aromatic heterocycles. The Balaban J connectivity index is 1.38. The largest absolute Gasteiger partial charge is 0.493 e. The first-order chi connectivity index (χ1) is 16.0. The van der Waals surface area contributed by atoms with E-state index in [1.54, 1.807) is 31.4 Å². The molecule has 1 N–H and O–H groups in total. The fourth-order valence-corrected chi connectivity index (χ4v) is 5.20. The van der Waals surface area contributed by atoms with Crippen molar-refractivity contribution in [2.24, 2.45) is 0 Å². The lowest BCUT2D eigenvalue weighted by Crippen LogP contribution is -2.37. The Hall–Kier alpha value is -3.30. The van der Waals surface area contributed by atoms with Crippen LogP contribution in [0.1, 0.15) is 22.2 Å². The van der Waals surface area contributed by atoms with Gasteiger partial charge >= 0.3 is 0 Å². The molecular weight excluding hydrogens is 460 g/mol. The highest BCUT2D eigenvalue weighted by molar-refractivity contribution is 8.18. The minimum atomic E-state index is -0.381. The monoisotopic (exact) mass is 482 g/mol. The van der Waals surface area contributed by atoms with E-state index < -0.39 is 0 Å². The van der Waals surface area contributed by atoms with Gasteiger partial charge in [0, 0.05) is 17.8 Å². The summed E-state index contributed by atoms with van der Waals surface area (Å²) in [6.45, 7) is 2.67. The van der Waals surface area contributed by atoms with E-state index in [-0.39, 0.29) is 30.1 Å². The molecule has 2 heterocycles. The molecular formula is C24H22N2O5S2. The summed E-state index contributed by atoms with van der Waals surface area (Å²) >= 11 is 2.28. The first-order valence-electron chi connectivity index (χ1n) is 10.3. The molecule has 0 spiro atoms. The van der Waals surface area contributed by atoms with E-state index in [0.717, 1.165) is 32.3 Å². The number of thioether (sulfide) groups is 1. The summed E-state index contributed by atoms with van der Waals surface area (Å²) in [5.41, 5.74) is 0.721. The predicted octanol–water partition coefficient (Wildman–Crippen LogP) is 4.77. The molecule has 0 atom stereocenters. The third-order valence-corrected chi connectivity index (χ3v) is 6.95. The number of amides is 3. The number of nitrogens with one attached hydrogen (secondary N) is 1. The van der Waals surface area contributed by atoms with Gasteiger partial charge in [0.1, 0.15) is 0 Å². The van der Waals surface area contributed by atoms with Crippen LogP contribution in [-0.2, 0) is 4.79 Å².